The van der Waals surface area contributed by atoms with Gasteiger partial charge in [-0.25, -0.2) is 4.39 Å². The Morgan fingerprint density at radius 3 is 2.60 bits per heavy atom. The van der Waals surface area contributed by atoms with Crippen molar-refractivity contribution in [3.63, 3.8) is 0 Å². The highest BCUT2D eigenvalue weighted by atomic mass is 19.1. The molecule has 1 atom stereocenters. The first kappa shape index (κ1) is 11.5. The highest BCUT2D eigenvalue weighted by Crippen LogP contribution is 2.11. The average molecular weight is 213 g/mol. The lowest BCUT2D eigenvalue weighted by molar-refractivity contribution is -0.140. The van der Waals surface area contributed by atoms with Gasteiger partial charge in [0.2, 0.25) is 0 Å². The second-order valence-electron chi connectivity index (χ2n) is 2.94. The zero-order valence-corrected chi connectivity index (χ0v) is 8.24. The zero-order chi connectivity index (χ0) is 11.3. The topological polar surface area (TPSA) is 58.6 Å². The van der Waals surface area contributed by atoms with Crippen LogP contribution in [0.3, 0.4) is 0 Å². The summed E-state index contributed by atoms with van der Waals surface area (Å²) in [6.07, 6.45) is 0. The van der Waals surface area contributed by atoms with E-state index in [1.807, 2.05) is 0 Å². The van der Waals surface area contributed by atoms with E-state index >= 15 is 0 Å². The van der Waals surface area contributed by atoms with Crippen molar-refractivity contribution in [3.05, 3.63) is 30.1 Å². The van der Waals surface area contributed by atoms with Gasteiger partial charge in [-0.2, -0.15) is 0 Å². The third-order valence-corrected chi connectivity index (χ3v) is 1.88. The standard InChI is InChI=1S/C10H12FNO3/c1-12-9(10(13)14)6-15-8-4-2-7(11)3-5-8/h2-5,9,12H,6H2,1H3,(H,13,14)/t9-/m1/s1. The summed E-state index contributed by atoms with van der Waals surface area (Å²) in [4.78, 5) is 10.6. The lowest BCUT2D eigenvalue weighted by Crippen LogP contribution is -2.39. The van der Waals surface area contributed by atoms with Crippen LogP contribution in [0.2, 0.25) is 0 Å². The molecule has 1 rings (SSSR count). The fourth-order valence-corrected chi connectivity index (χ4v) is 0.988. The van der Waals surface area contributed by atoms with Crippen LogP contribution in [0.4, 0.5) is 4.39 Å². The molecule has 0 aliphatic rings. The van der Waals surface area contributed by atoms with Crippen LogP contribution >= 0.6 is 0 Å². The van der Waals surface area contributed by atoms with Crippen LogP contribution in [0.5, 0.6) is 5.75 Å². The maximum Gasteiger partial charge on any atom is 0.324 e. The number of rotatable bonds is 5. The Hall–Kier alpha value is -1.62. The molecule has 0 unspecified atom stereocenters. The van der Waals surface area contributed by atoms with Crippen molar-refractivity contribution >= 4 is 5.97 Å². The third kappa shape index (κ3) is 3.55. The molecule has 0 aliphatic carbocycles. The lowest BCUT2D eigenvalue weighted by atomic mass is 10.3. The number of nitrogens with one attached hydrogen (secondary N) is 1. The molecule has 82 valence electrons. The van der Waals surface area contributed by atoms with Gasteiger partial charge in [0.15, 0.2) is 0 Å². The van der Waals surface area contributed by atoms with Gasteiger partial charge in [0, 0.05) is 0 Å². The molecule has 4 nitrogen and oxygen atoms in total. The molecule has 0 saturated carbocycles. The number of carbonyl (C=O) groups is 1. The van der Waals surface area contributed by atoms with E-state index < -0.39 is 12.0 Å². The molecule has 1 aromatic rings. The van der Waals surface area contributed by atoms with Gasteiger partial charge in [-0.3, -0.25) is 4.79 Å². The predicted octanol–water partition coefficient (Wildman–Crippen LogP) is 0.877. The first-order valence-corrected chi connectivity index (χ1v) is 4.42. The first-order valence-electron chi connectivity index (χ1n) is 4.42. The van der Waals surface area contributed by atoms with Gasteiger partial charge in [-0.15, -0.1) is 0 Å². The molecule has 2 N–H and O–H groups in total. The second-order valence-corrected chi connectivity index (χ2v) is 2.94. The molecule has 0 radical (unpaired) electrons. The number of aliphatic carboxylic acids is 1. The van der Waals surface area contributed by atoms with E-state index in [0.717, 1.165) is 0 Å². The van der Waals surface area contributed by atoms with Crippen LogP contribution in [-0.4, -0.2) is 30.8 Å². The Kier molecular flexibility index (Phi) is 4.05. The highest BCUT2D eigenvalue weighted by molar-refractivity contribution is 5.73. The number of carboxylic acid groups (broad SMARTS) is 1. The number of benzene rings is 1. The summed E-state index contributed by atoms with van der Waals surface area (Å²) in [6, 6.07) is 4.64. The van der Waals surface area contributed by atoms with Crippen LogP contribution in [0, 0.1) is 5.82 Å². The van der Waals surface area contributed by atoms with Crippen molar-refractivity contribution in [1.29, 1.82) is 0 Å². The minimum absolute atomic E-state index is 0.00251. The van der Waals surface area contributed by atoms with Crippen molar-refractivity contribution in [2.24, 2.45) is 0 Å². The van der Waals surface area contributed by atoms with Crippen molar-refractivity contribution in [1.82, 2.24) is 5.32 Å². The summed E-state index contributed by atoms with van der Waals surface area (Å²) in [5.74, 6) is -0.900. The van der Waals surface area contributed by atoms with Crippen LogP contribution in [0.1, 0.15) is 0 Å². The number of ether oxygens (including phenoxy) is 1. The van der Waals surface area contributed by atoms with E-state index in [1.165, 1.54) is 31.3 Å². The van der Waals surface area contributed by atoms with Crippen LogP contribution in [0.15, 0.2) is 24.3 Å². The van der Waals surface area contributed by atoms with Crippen molar-refractivity contribution in [3.8, 4) is 5.75 Å². The number of likely N-dealkylation sites (N-methyl/N-ethyl adjacent to an activating group) is 1. The number of carboxylic acids is 1. The Morgan fingerprint density at radius 2 is 2.13 bits per heavy atom. The maximum atomic E-state index is 12.5. The fourth-order valence-electron chi connectivity index (χ4n) is 0.988. The Labute approximate surface area is 86.7 Å². The van der Waals surface area contributed by atoms with Crippen molar-refractivity contribution in [2.75, 3.05) is 13.7 Å². The molecule has 0 aliphatic heterocycles. The normalized spacial score (nSPS) is 12.1. The Morgan fingerprint density at radius 1 is 1.53 bits per heavy atom. The number of halogens is 1. The number of hydrogen-bond acceptors (Lipinski definition) is 3. The smallest absolute Gasteiger partial charge is 0.324 e. The van der Waals surface area contributed by atoms with Gasteiger partial charge in [0.25, 0.3) is 0 Å². The van der Waals surface area contributed by atoms with Crippen molar-refractivity contribution in [2.45, 2.75) is 6.04 Å². The van der Waals surface area contributed by atoms with E-state index in [4.69, 9.17) is 9.84 Å². The molecule has 5 heteroatoms. The van der Waals surface area contributed by atoms with Crippen LogP contribution in [-0.2, 0) is 4.79 Å². The SMILES string of the molecule is CN[C@H](COc1ccc(F)cc1)C(=O)O. The van der Waals surface area contributed by atoms with Gasteiger partial charge in [0.05, 0.1) is 0 Å². The molecule has 0 bridgehead atoms. The van der Waals surface area contributed by atoms with Gasteiger partial charge >= 0.3 is 5.97 Å². The summed E-state index contributed by atoms with van der Waals surface area (Å²) in [6.45, 7) is -0.00251. The van der Waals surface area contributed by atoms with E-state index in [1.54, 1.807) is 0 Å². The Bertz CT molecular complexity index is 326. The molecule has 0 fully saturated rings. The summed E-state index contributed by atoms with van der Waals surface area (Å²) in [5, 5.41) is 11.3. The van der Waals surface area contributed by atoms with Crippen LogP contribution in [0.25, 0.3) is 0 Å². The lowest BCUT2D eigenvalue weighted by Gasteiger charge is -2.12. The van der Waals surface area contributed by atoms with E-state index in [2.05, 4.69) is 5.32 Å². The molecule has 0 heterocycles. The van der Waals surface area contributed by atoms with Gasteiger partial charge < -0.3 is 15.2 Å². The first-order chi connectivity index (χ1) is 7.13. The maximum absolute atomic E-state index is 12.5. The van der Waals surface area contributed by atoms with Crippen molar-refractivity contribution < 1.29 is 19.0 Å². The largest absolute Gasteiger partial charge is 0.491 e. The zero-order valence-electron chi connectivity index (χ0n) is 8.24. The predicted molar refractivity (Wildman–Crippen MR) is 52.4 cm³/mol. The third-order valence-electron chi connectivity index (χ3n) is 1.88. The van der Waals surface area contributed by atoms with Gasteiger partial charge in [0.1, 0.15) is 24.2 Å². The summed E-state index contributed by atoms with van der Waals surface area (Å²) in [5.41, 5.74) is 0. The summed E-state index contributed by atoms with van der Waals surface area (Å²) in [7, 11) is 1.53. The second kappa shape index (κ2) is 5.31. The average Bonchev–Trinajstić information content (AvgIpc) is 2.21. The minimum atomic E-state index is -0.986. The van der Waals surface area contributed by atoms with Crippen LogP contribution < -0.4 is 10.1 Å². The summed E-state index contributed by atoms with van der Waals surface area (Å²) >= 11 is 0. The molecule has 0 aromatic heterocycles. The molecule has 0 saturated heterocycles. The highest BCUT2D eigenvalue weighted by Gasteiger charge is 2.15. The quantitative estimate of drug-likeness (QED) is 0.762. The molecular formula is C10H12FNO3. The summed E-state index contributed by atoms with van der Waals surface area (Å²) < 4.78 is 17.7. The number of hydrogen-bond donors (Lipinski definition) is 2. The van der Waals surface area contributed by atoms with E-state index in [0.29, 0.717) is 5.75 Å². The minimum Gasteiger partial charge on any atom is -0.491 e. The molecule has 0 spiro atoms. The van der Waals surface area contributed by atoms with Gasteiger partial charge in [-0.1, -0.05) is 0 Å². The fraction of sp³-hybridized carbons (Fsp3) is 0.300. The van der Waals surface area contributed by atoms with E-state index in [9.17, 15) is 9.18 Å². The monoisotopic (exact) mass is 213 g/mol. The molecular weight excluding hydrogens is 201 g/mol. The molecule has 15 heavy (non-hydrogen) atoms. The molecule has 0 amide bonds. The Balaban J connectivity index is 2.49. The van der Waals surface area contributed by atoms with Gasteiger partial charge in [-0.05, 0) is 31.3 Å². The molecule has 1 aromatic carbocycles. The van der Waals surface area contributed by atoms with E-state index in [-0.39, 0.29) is 12.4 Å².